The molecule has 140 valence electrons. The number of nitrogens with zero attached hydrogens (tertiary/aromatic N) is 1. The minimum absolute atomic E-state index is 0.0253. The third-order valence-electron chi connectivity index (χ3n) is 5.28. The largest absolute Gasteiger partial charge is 0.454 e. The highest BCUT2D eigenvalue weighted by molar-refractivity contribution is 6.03. The van der Waals surface area contributed by atoms with Crippen molar-refractivity contribution in [1.82, 2.24) is 4.90 Å². The van der Waals surface area contributed by atoms with E-state index in [-0.39, 0.29) is 24.5 Å². The highest BCUT2D eigenvalue weighted by Crippen LogP contribution is 2.35. The number of carbonyl (C=O) groups is 2. The van der Waals surface area contributed by atoms with Crippen LogP contribution in [-0.2, 0) is 11.3 Å². The average Bonchev–Trinajstić information content (AvgIpc) is 3.26. The third-order valence-corrected chi connectivity index (χ3v) is 5.28. The van der Waals surface area contributed by atoms with Crippen LogP contribution in [0.1, 0.15) is 36.2 Å². The standard InChI is InChI=1S/C21H22N2O4/c1-3-13(2)19(23-11-14-6-4-5-7-16(14)21(23)25)20(24)22-15-8-9-17-18(10-15)27-12-26-17/h4-10,13,19H,3,11-12H2,1-2H3,(H,22,24)/t13?,19-/m0/s1. The number of hydrogen-bond acceptors (Lipinski definition) is 4. The van der Waals surface area contributed by atoms with E-state index in [1.807, 2.05) is 38.1 Å². The minimum atomic E-state index is -0.541. The molecule has 6 heteroatoms. The summed E-state index contributed by atoms with van der Waals surface area (Å²) in [5, 5.41) is 2.94. The molecule has 0 aliphatic carbocycles. The molecule has 0 radical (unpaired) electrons. The van der Waals surface area contributed by atoms with Crippen LogP contribution in [0, 0.1) is 5.92 Å². The van der Waals surface area contributed by atoms with Gasteiger partial charge in [0.05, 0.1) is 0 Å². The van der Waals surface area contributed by atoms with Crippen molar-refractivity contribution in [2.75, 3.05) is 12.1 Å². The van der Waals surface area contributed by atoms with E-state index in [1.54, 1.807) is 23.1 Å². The number of anilines is 1. The maximum atomic E-state index is 13.1. The molecule has 2 aromatic rings. The maximum absolute atomic E-state index is 13.1. The van der Waals surface area contributed by atoms with Crippen molar-refractivity contribution in [3.63, 3.8) is 0 Å². The Kier molecular flexibility index (Phi) is 4.48. The van der Waals surface area contributed by atoms with Crippen LogP contribution in [0.5, 0.6) is 11.5 Å². The Morgan fingerprint density at radius 2 is 1.96 bits per heavy atom. The number of carbonyl (C=O) groups excluding carboxylic acids is 2. The van der Waals surface area contributed by atoms with E-state index in [0.717, 1.165) is 12.0 Å². The van der Waals surface area contributed by atoms with Crippen molar-refractivity contribution in [3.8, 4) is 11.5 Å². The monoisotopic (exact) mass is 366 g/mol. The van der Waals surface area contributed by atoms with Crippen LogP contribution in [0.4, 0.5) is 5.69 Å². The van der Waals surface area contributed by atoms with Crippen molar-refractivity contribution in [3.05, 3.63) is 53.6 Å². The van der Waals surface area contributed by atoms with Gasteiger partial charge < -0.3 is 19.7 Å². The zero-order chi connectivity index (χ0) is 19.0. The number of benzene rings is 2. The molecular weight excluding hydrogens is 344 g/mol. The predicted octanol–water partition coefficient (Wildman–Crippen LogP) is 3.42. The van der Waals surface area contributed by atoms with E-state index in [0.29, 0.717) is 29.3 Å². The van der Waals surface area contributed by atoms with Crippen LogP contribution in [0.25, 0.3) is 0 Å². The molecule has 2 atom stereocenters. The molecule has 6 nitrogen and oxygen atoms in total. The molecule has 0 fully saturated rings. The predicted molar refractivity (Wildman–Crippen MR) is 101 cm³/mol. The summed E-state index contributed by atoms with van der Waals surface area (Å²) in [5.41, 5.74) is 2.27. The molecule has 1 N–H and O–H groups in total. The fraction of sp³-hybridized carbons (Fsp3) is 0.333. The number of nitrogens with one attached hydrogen (secondary N) is 1. The van der Waals surface area contributed by atoms with Gasteiger partial charge in [0.25, 0.3) is 5.91 Å². The van der Waals surface area contributed by atoms with Gasteiger partial charge in [-0.2, -0.15) is 0 Å². The molecule has 2 aliphatic rings. The zero-order valence-corrected chi connectivity index (χ0v) is 15.4. The van der Waals surface area contributed by atoms with Crippen LogP contribution < -0.4 is 14.8 Å². The van der Waals surface area contributed by atoms with E-state index in [4.69, 9.17) is 9.47 Å². The van der Waals surface area contributed by atoms with Crippen molar-refractivity contribution in [2.24, 2.45) is 5.92 Å². The first-order valence-electron chi connectivity index (χ1n) is 9.18. The summed E-state index contributed by atoms with van der Waals surface area (Å²) in [6.07, 6.45) is 0.791. The van der Waals surface area contributed by atoms with Gasteiger partial charge in [-0.05, 0) is 29.7 Å². The van der Waals surface area contributed by atoms with Crippen LogP contribution >= 0.6 is 0 Å². The van der Waals surface area contributed by atoms with Crippen molar-refractivity contribution in [1.29, 1.82) is 0 Å². The lowest BCUT2D eigenvalue weighted by Gasteiger charge is -2.31. The van der Waals surface area contributed by atoms with Crippen LogP contribution in [0.15, 0.2) is 42.5 Å². The lowest BCUT2D eigenvalue weighted by atomic mass is 9.96. The number of amides is 2. The second kappa shape index (κ2) is 6.95. The van der Waals surface area contributed by atoms with Crippen LogP contribution in [0.2, 0.25) is 0 Å². The van der Waals surface area contributed by atoms with E-state index in [2.05, 4.69) is 5.32 Å². The van der Waals surface area contributed by atoms with Crippen molar-refractivity contribution < 1.29 is 19.1 Å². The molecule has 2 amide bonds. The SMILES string of the molecule is CCC(C)[C@@H](C(=O)Nc1ccc2c(c1)OCO2)N1Cc2ccccc2C1=O. The molecule has 2 aliphatic heterocycles. The molecule has 2 aromatic carbocycles. The van der Waals surface area contributed by atoms with Crippen molar-refractivity contribution in [2.45, 2.75) is 32.9 Å². The summed E-state index contributed by atoms with van der Waals surface area (Å²) in [5.74, 6) is 1.02. The average molecular weight is 366 g/mol. The lowest BCUT2D eigenvalue weighted by Crippen LogP contribution is -2.48. The third kappa shape index (κ3) is 3.12. The van der Waals surface area contributed by atoms with Gasteiger partial charge in [0.15, 0.2) is 11.5 Å². The summed E-state index contributed by atoms with van der Waals surface area (Å²) in [6.45, 7) is 4.67. The van der Waals surface area contributed by atoms with E-state index >= 15 is 0 Å². The van der Waals surface area contributed by atoms with Gasteiger partial charge in [-0.1, -0.05) is 38.5 Å². The van der Waals surface area contributed by atoms with Gasteiger partial charge in [0.1, 0.15) is 6.04 Å². The smallest absolute Gasteiger partial charge is 0.255 e. The topological polar surface area (TPSA) is 67.9 Å². The fourth-order valence-corrected chi connectivity index (χ4v) is 3.62. The zero-order valence-electron chi connectivity index (χ0n) is 15.4. The Morgan fingerprint density at radius 3 is 2.74 bits per heavy atom. The van der Waals surface area contributed by atoms with Gasteiger partial charge in [0, 0.05) is 23.9 Å². The molecule has 0 saturated carbocycles. The molecule has 0 bridgehead atoms. The number of fused-ring (bicyclic) bond motifs is 2. The highest BCUT2D eigenvalue weighted by atomic mass is 16.7. The Hall–Kier alpha value is -3.02. The Bertz CT molecular complexity index is 896. The molecule has 1 unspecified atom stereocenters. The molecular formula is C21H22N2O4. The highest BCUT2D eigenvalue weighted by Gasteiger charge is 2.38. The molecule has 0 spiro atoms. The minimum Gasteiger partial charge on any atom is -0.454 e. The maximum Gasteiger partial charge on any atom is 0.255 e. The molecule has 27 heavy (non-hydrogen) atoms. The Morgan fingerprint density at radius 1 is 1.19 bits per heavy atom. The summed E-state index contributed by atoms with van der Waals surface area (Å²) in [7, 11) is 0. The number of rotatable bonds is 5. The van der Waals surface area contributed by atoms with Gasteiger partial charge in [0.2, 0.25) is 12.7 Å². The summed E-state index contributed by atoms with van der Waals surface area (Å²) >= 11 is 0. The van der Waals surface area contributed by atoms with Gasteiger partial charge >= 0.3 is 0 Å². The Labute approximate surface area is 158 Å². The second-order valence-electron chi connectivity index (χ2n) is 6.98. The Balaban J connectivity index is 1.57. The summed E-state index contributed by atoms with van der Waals surface area (Å²) < 4.78 is 10.7. The number of ether oxygens (including phenoxy) is 2. The van der Waals surface area contributed by atoms with E-state index in [1.165, 1.54) is 0 Å². The summed E-state index contributed by atoms with van der Waals surface area (Å²) in [4.78, 5) is 27.7. The molecule has 4 rings (SSSR count). The van der Waals surface area contributed by atoms with Gasteiger partial charge in [-0.25, -0.2) is 0 Å². The second-order valence-corrected chi connectivity index (χ2v) is 6.98. The molecule has 2 heterocycles. The summed E-state index contributed by atoms with van der Waals surface area (Å²) in [6, 6.07) is 12.3. The fourth-order valence-electron chi connectivity index (χ4n) is 3.62. The normalized spacial score (nSPS) is 16.8. The first kappa shape index (κ1) is 17.4. The van der Waals surface area contributed by atoms with Crippen molar-refractivity contribution >= 4 is 17.5 Å². The van der Waals surface area contributed by atoms with E-state index < -0.39 is 6.04 Å². The quantitative estimate of drug-likeness (QED) is 0.880. The molecule has 0 saturated heterocycles. The first-order valence-corrected chi connectivity index (χ1v) is 9.18. The number of hydrogen-bond donors (Lipinski definition) is 1. The van der Waals surface area contributed by atoms with Gasteiger partial charge in [-0.15, -0.1) is 0 Å². The lowest BCUT2D eigenvalue weighted by molar-refractivity contribution is -0.122. The van der Waals surface area contributed by atoms with Gasteiger partial charge in [-0.3, -0.25) is 9.59 Å². The molecule has 0 aromatic heterocycles. The first-order chi connectivity index (χ1) is 13.1. The van der Waals surface area contributed by atoms with Crippen LogP contribution in [-0.4, -0.2) is 29.5 Å². The van der Waals surface area contributed by atoms with Crippen LogP contribution in [0.3, 0.4) is 0 Å². The van der Waals surface area contributed by atoms with E-state index in [9.17, 15) is 9.59 Å².